The summed E-state index contributed by atoms with van der Waals surface area (Å²) in [7, 11) is 0. The van der Waals surface area contributed by atoms with Crippen molar-refractivity contribution in [2.45, 2.75) is 19.1 Å². The Morgan fingerprint density at radius 2 is 1.90 bits per heavy atom. The van der Waals surface area contributed by atoms with E-state index in [0.29, 0.717) is 12.7 Å². The number of aliphatic hydroxyl groups excluding tert-OH is 1. The Morgan fingerprint density at radius 1 is 1.20 bits per heavy atom. The topological polar surface area (TPSA) is 48.5 Å². The minimum Gasteiger partial charge on any atom is -0.372 e. The molecule has 1 aromatic carbocycles. The highest BCUT2D eigenvalue weighted by molar-refractivity contribution is 5.13. The first-order valence-corrected chi connectivity index (χ1v) is 7.23. The quantitative estimate of drug-likeness (QED) is 0.606. The molecule has 0 spiro atoms. The molecule has 0 amide bonds. The smallest absolute Gasteiger partial charge is 0.216 e. The van der Waals surface area contributed by atoms with Crippen LogP contribution in [0.15, 0.2) is 30.3 Å². The summed E-state index contributed by atoms with van der Waals surface area (Å²) in [5.74, 6) is 0. The second-order valence-electron chi connectivity index (χ2n) is 5.41. The van der Waals surface area contributed by atoms with Gasteiger partial charge in [0.05, 0.1) is 19.3 Å². The standard InChI is InChI=1S/C15H22N2O3/c18-15(20-11-13-4-2-1-3-5-13)17-8-6-16(7-9-17)10-14-12-19-14/h1-5,14-15,18H,6-12H2/t14-,15?/m1/s1. The van der Waals surface area contributed by atoms with Crippen molar-refractivity contribution in [2.24, 2.45) is 0 Å². The molecule has 0 aliphatic carbocycles. The molecule has 20 heavy (non-hydrogen) atoms. The first-order chi connectivity index (χ1) is 9.81. The molecule has 1 unspecified atom stereocenters. The van der Waals surface area contributed by atoms with E-state index in [-0.39, 0.29) is 0 Å². The Labute approximate surface area is 119 Å². The highest BCUT2D eigenvalue weighted by atomic mass is 16.6. The van der Waals surface area contributed by atoms with E-state index in [1.165, 1.54) is 0 Å². The van der Waals surface area contributed by atoms with E-state index in [0.717, 1.165) is 44.9 Å². The van der Waals surface area contributed by atoms with E-state index in [4.69, 9.17) is 9.47 Å². The summed E-state index contributed by atoms with van der Waals surface area (Å²) in [6.45, 7) is 5.97. The van der Waals surface area contributed by atoms with Crippen molar-refractivity contribution in [2.75, 3.05) is 39.3 Å². The molecule has 2 atom stereocenters. The fourth-order valence-electron chi connectivity index (χ4n) is 2.48. The van der Waals surface area contributed by atoms with Crippen molar-refractivity contribution in [3.8, 4) is 0 Å². The largest absolute Gasteiger partial charge is 0.372 e. The zero-order valence-electron chi connectivity index (χ0n) is 11.6. The normalized spacial score (nSPS) is 25.6. The van der Waals surface area contributed by atoms with Gasteiger partial charge in [0, 0.05) is 32.7 Å². The zero-order valence-corrected chi connectivity index (χ0v) is 11.6. The molecule has 1 aromatic rings. The van der Waals surface area contributed by atoms with Crippen molar-refractivity contribution in [3.63, 3.8) is 0 Å². The summed E-state index contributed by atoms with van der Waals surface area (Å²) in [6, 6.07) is 9.93. The van der Waals surface area contributed by atoms with Gasteiger partial charge in [0.15, 0.2) is 0 Å². The van der Waals surface area contributed by atoms with Gasteiger partial charge in [0.2, 0.25) is 6.41 Å². The number of benzene rings is 1. The van der Waals surface area contributed by atoms with Crippen molar-refractivity contribution >= 4 is 0 Å². The lowest BCUT2D eigenvalue weighted by Gasteiger charge is -2.36. The van der Waals surface area contributed by atoms with E-state index in [2.05, 4.69) is 4.90 Å². The molecule has 3 rings (SSSR count). The number of piperazine rings is 1. The Hall–Kier alpha value is -0.980. The van der Waals surface area contributed by atoms with Crippen LogP contribution in [0.25, 0.3) is 0 Å². The lowest BCUT2D eigenvalue weighted by atomic mass is 10.2. The number of rotatable bonds is 6. The van der Waals surface area contributed by atoms with Gasteiger partial charge in [0.1, 0.15) is 0 Å². The van der Waals surface area contributed by atoms with Crippen molar-refractivity contribution in [1.29, 1.82) is 0 Å². The molecule has 2 aliphatic rings. The van der Waals surface area contributed by atoms with Gasteiger partial charge in [-0.2, -0.15) is 0 Å². The van der Waals surface area contributed by atoms with Crippen LogP contribution < -0.4 is 0 Å². The van der Waals surface area contributed by atoms with Crippen molar-refractivity contribution < 1.29 is 14.6 Å². The summed E-state index contributed by atoms with van der Waals surface area (Å²) in [6.07, 6.45) is -0.365. The molecule has 1 N–H and O–H groups in total. The fraction of sp³-hybridized carbons (Fsp3) is 0.600. The molecule has 2 aliphatic heterocycles. The number of epoxide rings is 1. The third kappa shape index (κ3) is 4.01. The highest BCUT2D eigenvalue weighted by Gasteiger charge is 2.29. The number of hydrogen-bond donors (Lipinski definition) is 1. The number of aliphatic hydroxyl groups is 1. The summed E-state index contributed by atoms with van der Waals surface area (Å²) in [5, 5.41) is 10.1. The van der Waals surface area contributed by atoms with E-state index >= 15 is 0 Å². The third-order valence-corrected chi connectivity index (χ3v) is 3.83. The highest BCUT2D eigenvalue weighted by Crippen LogP contribution is 2.14. The van der Waals surface area contributed by atoms with E-state index in [1.54, 1.807) is 0 Å². The first-order valence-electron chi connectivity index (χ1n) is 7.23. The lowest BCUT2D eigenvalue weighted by molar-refractivity contribution is -0.207. The minimum atomic E-state index is -0.811. The zero-order chi connectivity index (χ0) is 13.8. The van der Waals surface area contributed by atoms with Crippen LogP contribution in [-0.4, -0.2) is 66.8 Å². The SMILES string of the molecule is OC(OCc1ccccc1)N1CCN(C[C@@H]2CO2)CC1. The molecule has 2 heterocycles. The molecule has 110 valence electrons. The van der Waals surface area contributed by atoms with Gasteiger partial charge in [-0.05, 0) is 5.56 Å². The van der Waals surface area contributed by atoms with Gasteiger partial charge >= 0.3 is 0 Å². The van der Waals surface area contributed by atoms with Crippen LogP contribution in [0.2, 0.25) is 0 Å². The minimum absolute atomic E-state index is 0.443. The van der Waals surface area contributed by atoms with Crippen LogP contribution in [0.1, 0.15) is 5.56 Å². The fourth-order valence-corrected chi connectivity index (χ4v) is 2.48. The Bertz CT molecular complexity index is 403. The molecule has 5 nitrogen and oxygen atoms in total. The monoisotopic (exact) mass is 278 g/mol. The van der Waals surface area contributed by atoms with Gasteiger partial charge in [0.25, 0.3) is 0 Å². The molecule has 0 saturated carbocycles. The summed E-state index contributed by atoms with van der Waals surface area (Å²) in [5.41, 5.74) is 1.08. The van der Waals surface area contributed by atoms with E-state index < -0.39 is 6.41 Å². The molecular formula is C15H22N2O3. The first kappa shape index (κ1) is 14.0. The van der Waals surface area contributed by atoms with Crippen LogP contribution in [0.5, 0.6) is 0 Å². The number of ether oxygens (including phenoxy) is 2. The molecule has 2 saturated heterocycles. The number of nitrogens with zero attached hydrogens (tertiary/aromatic N) is 2. The molecule has 2 fully saturated rings. The second kappa shape index (κ2) is 6.65. The van der Waals surface area contributed by atoms with E-state index in [1.807, 2.05) is 35.2 Å². The summed E-state index contributed by atoms with van der Waals surface area (Å²) in [4.78, 5) is 4.37. The predicted molar refractivity (Wildman–Crippen MR) is 75.0 cm³/mol. The van der Waals surface area contributed by atoms with Crippen LogP contribution >= 0.6 is 0 Å². The lowest BCUT2D eigenvalue weighted by Crippen LogP contribution is -2.51. The van der Waals surface area contributed by atoms with Gasteiger partial charge < -0.3 is 14.6 Å². The Kier molecular flexibility index (Phi) is 4.65. The molecular weight excluding hydrogens is 256 g/mol. The maximum absolute atomic E-state index is 10.1. The number of hydrogen-bond acceptors (Lipinski definition) is 5. The van der Waals surface area contributed by atoms with Gasteiger partial charge in [-0.15, -0.1) is 0 Å². The van der Waals surface area contributed by atoms with E-state index in [9.17, 15) is 5.11 Å². The van der Waals surface area contributed by atoms with Gasteiger partial charge in [-0.25, -0.2) is 0 Å². The maximum atomic E-state index is 10.1. The predicted octanol–water partition coefficient (Wildman–Crippen LogP) is 0.496. The average Bonchev–Trinajstić information content (AvgIpc) is 3.31. The van der Waals surface area contributed by atoms with Crippen LogP contribution in [0.3, 0.4) is 0 Å². The molecule has 0 bridgehead atoms. The third-order valence-electron chi connectivity index (χ3n) is 3.83. The van der Waals surface area contributed by atoms with Crippen molar-refractivity contribution in [3.05, 3.63) is 35.9 Å². The molecule has 0 aromatic heterocycles. The average molecular weight is 278 g/mol. The molecule has 5 heteroatoms. The maximum Gasteiger partial charge on any atom is 0.216 e. The van der Waals surface area contributed by atoms with Crippen molar-refractivity contribution in [1.82, 2.24) is 9.80 Å². The van der Waals surface area contributed by atoms with Crippen LogP contribution in [-0.2, 0) is 16.1 Å². The van der Waals surface area contributed by atoms with Gasteiger partial charge in [-0.1, -0.05) is 30.3 Å². The van der Waals surface area contributed by atoms with Crippen LogP contribution in [0.4, 0.5) is 0 Å². The second-order valence-corrected chi connectivity index (χ2v) is 5.41. The molecule has 0 radical (unpaired) electrons. The Morgan fingerprint density at radius 3 is 2.55 bits per heavy atom. The summed E-state index contributed by atoms with van der Waals surface area (Å²) >= 11 is 0. The van der Waals surface area contributed by atoms with Crippen LogP contribution in [0, 0.1) is 0 Å². The van der Waals surface area contributed by atoms with Gasteiger partial charge in [-0.3, -0.25) is 9.80 Å². The summed E-state index contributed by atoms with van der Waals surface area (Å²) < 4.78 is 10.8. The Balaban J connectivity index is 1.38.